The average molecular weight is 149 g/mol. The van der Waals surface area contributed by atoms with Crippen molar-refractivity contribution >= 4 is 0 Å². The Balaban J connectivity index is 2.60. The highest BCUT2D eigenvalue weighted by Gasteiger charge is 2.15. The van der Waals surface area contributed by atoms with Crippen molar-refractivity contribution in [1.82, 2.24) is 5.32 Å². The molecule has 1 atom stereocenters. The zero-order valence-electron chi connectivity index (χ0n) is 6.84. The molecule has 0 aliphatic carbocycles. The molecule has 60 valence electrons. The van der Waals surface area contributed by atoms with E-state index in [9.17, 15) is 0 Å². The lowest BCUT2D eigenvalue weighted by Gasteiger charge is -2.07. The van der Waals surface area contributed by atoms with Crippen LogP contribution in [0.4, 0.5) is 0 Å². The van der Waals surface area contributed by atoms with E-state index in [0.29, 0.717) is 5.92 Å². The summed E-state index contributed by atoms with van der Waals surface area (Å²) < 4.78 is 0. The summed E-state index contributed by atoms with van der Waals surface area (Å²) in [5, 5.41) is 3.32. The second-order valence-corrected chi connectivity index (χ2v) is 2.80. The molecule has 1 aliphatic rings. The van der Waals surface area contributed by atoms with Crippen LogP contribution in [0, 0.1) is 5.92 Å². The predicted octanol–water partition coefficient (Wildman–Crippen LogP) is 1.89. The Morgan fingerprint density at radius 3 is 2.73 bits per heavy atom. The Morgan fingerprint density at radius 1 is 1.45 bits per heavy atom. The maximum atomic E-state index is 3.78. The zero-order valence-corrected chi connectivity index (χ0v) is 6.84. The van der Waals surface area contributed by atoms with Crippen LogP contribution in [0.15, 0.2) is 37.0 Å². The van der Waals surface area contributed by atoms with Crippen LogP contribution >= 0.6 is 0 Å². The summed E-state index contributed by atoms with van der Waals surface area (Å²) in [6, 6.07) is 0. The smallest absolute Gasteiger partial charge is 0.00206 e. The van der Waals surface area contributed by atoms with Crippen molar-refractivity contribution in [3.63, 3.8) is 0 Å². The van der Waals surface area contributed by atoms with Gasteiger partial charge in [-0.05, 0) is 24.5 Å². The Morgan fingerprint density at radius 2 is 2.27 bits per heavy atom. The van der Waals surface area contributed by atoms with Crippen LogP contribution in [0.1, 0.15) is 6.42 Å². The maximum absolute atomic E-state index is 3.78. The molecular formula is C10H15N. The van der Waals surface area contributed by atoms with Crippen molar-refractivity contribution in [2.24, 2.45) is 5.92 Å². The zero-order chi connectivity index (χ0) is 8.10. The topological polar surface area (TPSA) is 12.0 Å². The highest BCUT2D eigenvalue weighted by atomic mass is 14.9. The Hall–Kier alpha value is -0.820. The van der Waals surface area contributed by atoms with Gasteiger partial charge in [-0.3, -0.25) is 0 Å². The molecule has 0 aromatic heterocycles. The Labute approximate surface area is 68.5 Å². The summed E-state index contributed by atoms with van der Waals surface area (Å²) in [6.45, 7) is 9.68. The molecule has 1 rings (SSSR count). The number of rotatable bonds is 3. The van der Waals surface area contributed by atoms with Crippen molar-refractivity contribution in [2.75, 3.05) is 13.1 Å². The van der Waals surface area contributed by atoms with Crippen LogP contribution in [-0.2, 0) is 0 Å². The molecule has 1 saturated heterocycles. The van der Waals surface area contributed by atoms with Crippen LogP contribution in [0.3, 0.4) is 0 Å². The molecule has 0 saturated carbocycles. The molecule has 0 aromatic carbocycles. The summed E-state index contributed by atoms with van der Waals surface area (Å²) in [4.78, 5) is 0. The van der Waals surface area contributed by atoms with E-state index in [1.165, 1.54) is 12.0 Å². The van der Waals surface area contributed by atoms with E-state index < -0.39 is 0 Å². The SMILES string of the molecule is C=C/C=C(\C=C)C1CCNC1. The molecule has 0 bridgehead atoms. The molecule has 0 amide bonds. The minimum atomic E-state index is 0.658. The highest BCUT2D eigenvalue weighted by molar-refractivity contribution is 5.25. The minimum absolute atomic E-state index is 0.658. The fourth-order valence-electron chi connectivity index (χ4n) is 1.45. The lowest BCUT2D eigenvalue weighted by molar-refractivity contribution is 0.698. The molecular weight excluding hydrogens is 134 g/mol. The van der Waals surface area contributed by atoms with E-state index >= 15 is 0 Å². The molecule has 11 heavy (non-hydrogen) atoms. The van der Waals surface area contributed by atoms with Gasteiger partial charge in [-0.25, -0.2) is 0 Å². The van der Waals surface area contributed by atoms with Crippen LogP contribution < -0.4 is 5.32 Å². The van der Waals surface area contributed by atoms with E-state index in [1.807, 2.05) is 18.2 Å². The highest BCUT2D eigenvalue weighted by Crippen LogP contribution is 2.18. The first-order valence-electron chi connectivity index (χ1n) is 4.04. The number of allylic oxidation sites excluding steroid dienone is 3. The molecule has 1 unspecified atom stereocenters. The number of nitrogens with one attached hydrogen (secondary N) is 1. The van der Waals surface area contributed by atoms with Gasteiger partial charge in [0.1, 0.15) is 0 Å². The van der Waals surface area contributed by atoms with Crippen molar-refractivity contribution in [2.45, 2.75) is 6.42 Å². The fraction of sp³-hybridized carbons (Fsp3) is 0.400. The van der Waals surface area contributed by atoms with E-state index in [1.54, 1.807) is 0 Å². The van der Waals surface area contributed by atoms with E-state index in [0.717, 1.165) is 13.1 Å². The number of hydrogen-bond acceptors (Lipinski definition) is 1. The number of hydrogen-bond donors (Lipinski definition) is 1. The third-order valence-electron chi connectivity index (χ3n) is 2.08. The molecule has 0 radical (unpaired) electrons. The van der Waals surface area contributed by atoms with Gasteiger partial charge < -0.3 is 5.32 Å². The van der Waals surface area contributed by atoms with Gasteiger partial charge >= 0.3 is 0 Å². The first-order chi connectivity index (χ1) is 5.38. The molecule has 1 aliphatic heterocycles. The summed E-state index contributed by atoms with van der Waals surface area (Å²) >= 11 is 0. The lowest BCUT2D eigenvalue weighted by Crippen LogP contribution is -2.09. The molecule has 1 heteroatoms. The predicted molar refractivity (Wildman–Crippen MR) is 49.5 cm³/mol. The molecule has 1 nitrogen and oxygen atoms in total. The van der Waals surface area contributed by atoms with Gasteiger partial charge in [-0.1, -0.05) is 31.4 Å². The van der Waals surface area contributed by atoms with Crippen LogP contribution in [0.25, 0.3) is 0 Å². The summed E-state index contributed by atoms with van der Waals surface area (Å²) in [5.74, 6) is 0.658. The summed E-state index contributed by atoms with van der Waals surface area (Å²) in [5.41, 5.74) is 1.31. The van der Waals surface area contributed by atoms with E-state index in [4.69, 9.17) is 0 Å². The second kappa shape index (κ2) is 4.14. The molecule has 1 fully saturated rings. The van der Waals surface area contributed by atoms with Gasteiger partial charge in [0, 0.05) is 6.54 Å². The van der Waals surface area contributed by atoms with Crippen LogP contribution in [-0.4, -0.2) is 13.1 Å². The standard InChI is InChI=1S/C10H15N/c1-3-5-9(4-2)10-6-7-11-8-10/h3-5,10-11H,1-2,6-8H2/b9-5+. The van der Waals surface area contributed by atoms with Gasteiger partial charge in [0.2, 0.25) is 0 Å². The van der Waals surface area contributed by atoms with Crippen LogP contribution in [0.2, 0.25) is 0 Å². The molecule has 0 aromatic rings. The van der Waals surface area contributed by atoms with Gasteiger partial charge in [0.05, 0.1) is 0 Å². The summed E-state index contributed by atoms with van der Waals surface area (Å²) in [7, 11) is 0. The Kier molecular flexibility index (Phi) is 3.12. The first-order valence-corrected chi connectivity index (χ1v) is 4.04. The Bertz CT molecular complexity index is 173. The maximum Gasteiger partial charge on any atom is 0.00206 e. The van der Waals surface area contributed by atoms with Crippen molar-refractivity contribution in [3.8, 4) is 0 Å². The molecule has 0 spiro atoms. The third kappa shape index (κ3) is 2.05. The van der Waals surface area contributed by atoms with Crippen molar-refractivity contribution in [3.05, 3.63) is 37.0 Å². The molecule has 1 heterocycles. The quantitative estimate of drug-likeness (QED) is 0.604. The van der Waals surface area contributed by atoms with E-state index in [-0.39, 0.29) is 0 Å². The van der Waals surface area contributed by atoms with E-state index in [2.05, 4.69) is 18.5 Å². The monoisotopic (exact) mass is 149 g/mol. The average Bonchev–Trinajstić information content (AvgIpc) is 2.52. The lowest BCUT2D eigenvalue weighted by atomic mass is 9.98. The largest absolute Gasteiger partial charge is 0.316 e. The van der Waals surface area contributed by atoms with Crippen LogP contribution in [0.5, 0.6) is 0 Å². The van der Waals surface area contributed by atoms with Crippen molar-refractivity contribution in [1.29, 1.82) is 0 Å². The minimum Gasteiger partial charge on any atom is -0.316 e. The van der Waals surface area contributed by atoms with Gasteiger partial charge in [-0.2, -0.15) is 0 Å². The van der Waals surface area contributed by atoms with Gasteiger partial charge in [0.25, 0.3) is 0 Å². The normalized spacial score (nSPS) is 25.1. The first kappa shape index (κ1) is 8.28. The van der Waals surface area contributed by atoms with Gasteiger partial charge in [0.15, 0.2) is 0 Å². The second-order valence-electron chi connectivity index (χ2n) is 2.80. The summed E-state index contributed by atoms with van der Waals surface area (Å²) in [6.07, 6.45) is 7.03. The van der Waals surface area contributed by atoms with Gasteiger partial charge in [-0.15, -0.1) is 0 Å². The molecule has 1 N–H and O–H groups in total. The third-order valence-corrected chi connectivity index (χ3v) is 2.08. The van der Waals surface area contributed by atoms with Crippen molar-refractivity contribution < 1.29 is 0 Å². The fourth-order valence-corrected chi connectivity index (χ4v) is 1.45.